The van der Waals surface area contributed by atoms with Crippen molar-refractivity contribution in [3.8, 4) is 11.5 Å². The number of nitrogens with zero attached hydrogens (tertiary/aromatic N) is 1. The van der Waals surface area contributed by atoms with Crippen LogP contribution in [0.4, 0.5) is 4.79 Å². The molecule has 1 aromatic rings. The Labute approximate surface area is 239 Å². The normalized spacial score (nSPS) is 27.4. The lowest BCUT2D eigenvalue weighted by molar-refractivity contribution is -0.191. The highest BCUT2D eigenvalue weighted by Gasteiger charge is 2.53. The monoisotopic (exact) mass is 557 g/mol. The number of carboxylic acid groups (broad SMARTS) is 1. The van der Waals surface area contributed by atoms with Crippen LogP contribution in [-0.2, 0) is 14.3 Å². The maximum absolute atomic E-state index is 12.8. The molecule has 2 saturated heterocycles. The molecule has 40 heavy (non-hydrogen) atoms. The second-order valence-corrected chi connectivity index (χ2v) is 13.0. The smallest absolute Gasteiger partial charge is 0.410 e. The minimum absolute atomic E-state index is 0.0816. The topological polar surface area (TPSA) is 94.5 Å². The van der Waals surface area contributed by atoms with Crippen LogP contribution in [0.15, 0.2) is 29.8 Å². The Balaban J connectivity index is 1.52. The number of amides is 1. The summed E-state index contributed by atoms with van der Waals surface area (Å²) in [5.74, 6) is 1.11. The highest BCUT2D eigenvalue weighted by molar-refractivity contribution is 5.68. The Morgan fingerprint density at radius 1 is 1.23 bits per heavy atom. The molecule has 0 saturated carbocycles. The summed E-state index contributed by atoms with van der Waals surface area (Å²) >= 11 is 0. The fourth-order valence-electron chi connectivity index (χ4n) is 6.21. The van der Waals surface area contributed by atoms with Crippen LogP contribution < -0.4 is 9.47 Å². The van der Waals surface area contributed by atoms with Gasteiger partial charge in [0.05, 0.1) is 18.8 Å². The number of ether oxygens (including phenoxy) is 4. The number of benzene rings is 1. The fraction of sp³-hybridized carbons (Fsp3) is 0.688. The van der Waals surface area contributed by atoms with E-state index in [1.807, 2.05) is 37.8 Å². The Morgan fingerprint density at radius 2 is 2.00 bits per heavy atom. The van der Waals surface area contributed by atoms with E-state index in [1.165, 1.54) is 5.57 Å². The zero-order valence-corrected chi connectivity index (χ0v) is 25.0. The molecule has 3 aliphatic rings. The van der Waals surface area contributed by atoms with Crippen LogP contribution in [0.1, 0.15) is 98.2 Å². The van der Waals surface area contributed by atoms with Crippen molar-refractivity contribution in [2.24, 2.45) is 11.8 Å². The predicted molar refractivity (Wildman–Crippen MR) is 153 cm³/mol. The van der Waals surface area contributed by atoms with Crippen molar-refractivity contribution in [2.45, 2.75) is 110 Å². The number of carboxylic acids is 1. The molecule has 0 spiro atoms. The molecule has 3 aliphatic heterocycles. The standard InChI is InChI=1S/C32H47NO7/c1-21(2)10-9-15-32(6)25-18-22-20-33(30(36)40-31(3,4)5)16-14-26(22)38-29(25)24-13-12-23(19-27(24)39-32)37-17-8-7-11-28(34)35/h10,12-13,19,22,25-26,29H,7-9,11,14-18,20H2,1-6H3,(H,34,35)/t22-,25-,26-,29+,32-/m0/s1. The number of hydrogen-bond donors (Lipinski definition) is 1. The molecule has 0 bridgehead atoms. The fourth-order valence-corrected chi connectivity index (χ4v) is 6.21. The summed E-state index contributed by atoms with van der Waals surface area (Å²) in [6, 6.07) is 5.98. The molecule has 0 unspecified atom stereocenters. The van der Waals surface area contributed by atoms with Gasteiger partial charge in [-0.25, -0.2) is 4.79 Å². The molecule has 1 N–H and O–H groups in total. The third-order valence-corrected chi connectivity index (χ3v) is 8.23. The van der Waals surface area contributed by atoms with Crippen molar-refractivity contribution in [1.82, 2.24) is 4.90 Å². The number of hydrogen-bond acceptors (Lipinski definition) is 6. The summed E-state index contributed by atoms with van der Waals surface area (Å²) < 4.78 is 25.3. The van der Waals surface area contributed by atoms with Crippen molar-refractivity contribution >= 4 is 12.1 Å². The van der Waals surface area contributed by atoms with Crippen LogP contribution in [-0.4, -0.2) is 59.1 Å². The molecule has 0 radical (unpaired) electrons. The van der Waals surface area contributed by atoms with Gasteiger partial charge in [0.1, 0.15) is 22.7 Å². The molecule has 8 nitrogen and oxygen atoms in total. The summed E-state index contributed by atoms with van der Waals surface area (Å²) in [4.78, 5) is 25.4. The second-order valence-electron chi connectivity index (χ2n) is 13.0. The molecule has 222 valence electrons. The van der Waals surface area contributed by atoms with E-state index in [-0.39, 0.29) is 36.6 Å². The van der Waals surface area contributed by atoms with Crippen molar-refractivity contribution in [2.75, 3.05) is 19.7 Å². The molecule has 0 aliphatic carbocycles. The van der Waals surface area contributed by atoms with Gasteiger partial charge in [0.25, 0.3) is 0 Å². The Kier molecular flexibility index (Phi) is 9.38. The maximum atomic E-state index is 12.8. The van der Waals surface area contributed by atoms with Gasteiger partial charge in [-0.2, -0.15) is 0 Å². The Bertz CT molecular complexity index is 1090. The van der Waals surface area contributed by atoms with Gasteiger partial charge in [0, 0.05) is 43.0 Å². The van der Waals surface area contributed by atoms with E-state index in [2.05, 4.69) is 32.9 Å². The van der Waals surface area contributed by atoms with Crippen molar-refractivity contribution in [3.05, 3.63) is 35.4 Å². The van der Waals surface area contributed by atoms with Gasteiger partial charge in [-0.05, 0) is 92.2 Å². The first kappa shape index (κ1) is 30.2. The number of likely N-dealkylation sites (tertiary alicyclic amines) is 1. The van der Waals surface area contributed by atoms with Crippen LogP contribution >= 0.6 is 0 Å². The third-order valence-electron chi connectivity index (χ3n) is 8.23. The van der Waals surface area contributed by atoms with E-state index in [0.717, 1.165) is 42.7 Å². The molecule has 4 rings (SSSR count). The largest absolute Gasteiger partial charge is 0.493 e. The van der Waals surface area contributed by atoms with Crippen LogP contribution in [0.3, 0.4) is 0 Å². The molecule has 2 fully saturated rings. The Morgan fingerprint density at radius 3 is 2.70 bits per heavy atom. The first-order chi connectivity index (χ1) is 18.8. The lowest BCUT2D eigenvalue weighted by atomic mass is 9.68. The molecular formula is C32H47NO7. The highest BCUT2D eigenvalue weighted by atomic mass is 16.6. The lowest BCUT2D eigenvalue weighted by Gasteiger charge is -2.54. The van der Waals surface area contributed by atoms with Crippen molar-refractivity contribution in [1.29, 1.82) is 0 Å². The number of rotatable bonds is 9. The van der Waals surface area contributed by atoms with Crippen LogP contribution in [0.25, 0.3) is 0 Å². The van der Waals surface area contributed by atoms with Gasteiger partial charge in [0.2, 0.25) is 0 Å². The first-order valence-corrected chi connectivity index (χ1v) is 14.8. The highest BCUT2D eigenvalue weighted by Crippen LogP contribution is 2.55. The number of allylic oxidation sites excluding steroid dienone is 2. The SMILES string of the molecule is CC(C)=CCC[C@]1(C)Oc2cc(OCCCCC(=O)O)ccc2[C@H]2O[C@H]3CCN(C(=O)OC(C)(C)C)C[C@@H]3C[C@@H]21. The van der Waals surface area contributed by atoms with Gasteiger partial charge in [-0.3, -0.25) is 4.79 Å². The molecule has 5 atom stereocenters. The molecule has 1 amide bonds. The summed E-state index contributed by atoms with van der Waals surface area (Å²) in [5.41, 5.74) is 1.38. The molecule has 3 heterocycles. The molecule has 1 aromatic carbocycles. The average molecular weight is 558 g/mol. The first-order valence-electron chi connectivity index (χ1n) is 14.8. The van der Waals surface area contributed by atoms with Crippen LogP contribution in [0.2, 0.25) is 0 Å². The number of piperidine rings is 1. The number of aliphatic carboxylic acids is 1. The zero-order chi connectivity index (χ0) is 29.1. The average Bonchev–Trinajstić information content (AvgIpc) is 2.86. The van der Waals surface area contributed by atoms with E-state index in [4.69, 9.17) is 24.1 Å². The summed E-state index contributed by atoms with van der Waals surface area (Å²) in [5, 5.41) is 8.85. The summed E-state index contributed by atoms with van der Waals surface area (Å²) in [6.07, 6.45) is 6.90. The number of carbonyl (C=O) groups is 2. The molecule has 0 aromatic heterocycles. The van der Waals surface area contributed by atoms with Crippen LogP contribution in [0.5, 0.6) is 11.5 Å². The molecular weight excluding hydrogens is 510 g/mol. The van der Waals surface area contributed by atoms with Crippen LogP contribution in [0, 0.1) is 11.8 Å². The molecule has 8 heteroatoms. The lowest BCUT2D eigenvalue weighted by Crippen LogP contribution is -2.57. The predicted octanol–water partition coefficient (Wildman–Crippen LogP) is 6.92. The second kappa shape index (κ2) is 12.4. The van der Waals surface area contributed by atoms with Gasteiger partial charge in [-0.15, -0.1) is 0 Å². The van der Waals surface area contributed by atoms with E-state index in [0.29, 0.717) is 32.5 Å². The zero-order valence-electron chi connectivity index (χ0n) is 25.0. The van der Waals surface area contributed by atoms with Gasteiger partial charge >= 0.3 is 12.1 Å². The minimum atomic E-state index is -0.783. The Hall–Kier alpha value is -2.74. The summed E-state index contributed by atoms with van der Waals surface area (Å²) in [6.45, 7) is 13.9. The van der Waals surface area contributed by atoms with E-state index >= 15 is 0 Å². The quantitative estimate of drug-likeness (QED) is 0.260. The van der Waals surface area contributed by atoms with E-state index in [1.54, 1.807) is 0 Å². The number of unbranched alkanes of at least 4 members (excludes halogenated alkanes) is 1. The van der Waals surface area contributed by atoms with Gasteiger partial charge in [-0.1, -0.05) is 11.6 Å². The number of carbonyl (C=O) groups excluding carboxylic acids is 1. The maximum Gasteiger partial charge on any atom is 0.410 e. The van der Waals surface area contributed by atoms with E-state index in [9.17, 15) is 9.59 Å². The minimum Gasteiger partial charge on any atom is -0.493 e. The number of fused-ring (bicyclic) bond motifs is 4. The van der Waals surface area contributed by atoms with Crippen molar-refractivity contribution < 1.29 is 33.6 Å². The summed E-state index contributed by atoms with van der Waals surface area (Å²) in [7, 11) is 0. The third kappa shape index (κ3) is 7.50. The van der Waals surface area contributed by atoms with Crippen molar-refractivity contribution in [3.63, 3.8) is 0 Å². The van der Waals surface area contributed by atoms with E-state index < -0.39 is 17.2 Å². The van der Waals surface area contributed by atoms with Gasteiger partial charge in [0.15, 0.2) is 0 Å². The van der Waals surface area contributed by atoms with Gasteiger partial charge < -0.3 is 29.0 Å².